The molecule has 1 aliphatic heterocycles. The molecule has 2 heterocycles. The Morgan fingerprint density at radius 3 is 2.80 bits per heavy atom. The number of ether oxygens (including phenoxy) is 1. The molecule has 25 heavy (non-hydrogen) atoms. The Morgan fingerprint density at radius 2 is 2.24 bits per heavy atom. The Labute approximate surface area is 175 Å². The summed E-state index contributed by atoms with van der Waals surface area (Å²) in [5.74, 6) is 1.25. The number of thiophene rings is 1. The van der Waals surface area contributed by atoms with Crippen LogP contribution in [-0.4, -0.2) is 66.2 Å². The highest BCUT2D eigenvalue weighted by Gasteiger charge is 2.19. The molecule has 144 valence electrons. The van der Waals surface area contributed by atoms with Crippen LogP contribution >= 0.6 is 46.9 Å². The first-order valence-corrected chi connectivity index (χ1v) is 10.3. The monoisotopic (exact) mass is 522 g/mol. The van der Waals surface area contributed by atoms with Crippen molar-refractivity contribution >= 4 is 62.9 Å². The van der Waals surface area contributed by atoms with E-state index in [9.17, 15) is 8.42 Å². The summed E-state index contributed by atoms with van der Waals surface area (Å²) in [6, 6.07) is 3.07. The van der Waals surface area contributed by atoms with Crippen molar-refractivity contribution in [2.75, 3.05) is 46.9 Å². The number of halogens is 2. The molecule has 0 radical (unpaired) electrons. The number of nitrogens with one attached hydrogen (secondary N) is 2. The maximum absolute atomic E-state index is 12.1. The largest absolute Gasteiger partial charge is 0.381 e. The molecule has 7 nitrogen and oxygen atoms in total. The lowest BCUT2D eigenvalue weighted by molar-refractivity contribution is 0.181. The number of aliphatic imine (C=N–C) groups is 1. The first-order valence-electron chi connectivity index (χ1n) is 7.67. The molecule has 1 fully saturated rings. The topological polar surface area (TPSA) is 83.0 Å². The van der Waals surface area contributed by atoms with Gasteiger partial charge in [-0.3, -0.25) is 4.99 Å². The zero-order valence-corrected chi connectivity index (χ0v) is 18.9. The molecular weight excluding hydrogens is 499 g/mol. The maximum atomic E-state index is 12.1. The van der Waals surface area contributed by atoms with E-state index in [-0.39, 0.29) is 34.7 Å². The van der Waals surface area contributed by atoms with Crippen molar-refractivity contribution in [1.29, 1.82) is 0 Å². The number of guanidine groups is 1. The van der Waals surface area contributed by atoms with E-state index in [1.165, 1.54) is 6.07 Å². The zero-order valence-electron chi connectivity index (χ0n) is 14.2. The van der Waals surface area contributed by atoms with Crippen molar-refractivity contribution in [3.63, 3.8) is 0 Å². The molecule has 0 saturated carbocycles. The number of nitrogens with zero attached hydrogens (tertiary/aromatic N) is 2. The quantitative estimate of drug-likeness (QED) is 0.247. The number of rotatable bonds is 7. The van der Waals surface area contributed by atoms with Crippen LogP contribution < -0.4 is 10.0 Å². The Balaban J connectivity index is 0.00000312. The molecule has 11 heteroatoms. The Hall–Kier alpha value is -0.140. The third-order valence-electron chi connectivity index (χ3n) is 3.64. The molecule has 2 N–H and O–H groups in total. The summed E-state index contributed by atoms with van der Waals surface area (Å²) in [6.07, 6.45) is 1.06. The minimum Gasteiger partial charge on any atom is -0.381 e. The lowest BCUT2D eigenvalue weighted by Crippen LogP contribution is -2.44. The Bertz CT molecular complexity index is 663. The smallest absolute Gasteiger partial charge is 0.250 e. The van der Waals surface area contributed by atoms with Gasteiger partial charge in [-0.1, -0.05) is 11.6 Å². The molecule has 0 bridgehead atoms. The maximum Gasteiger partial charge on any atom is 0.250 e. The molecule has 1 aromatic heterocycles. The van der Waals surface area contributed by atoms with Crippen molar-refractivity contribution in [1.82, 2.24) is 14.9 Å². The Kier molecular flexibility index (Phi) is 9.96. The van der Waals surface area contributed by atoms with Crippen LogP contribution in [0, 0.1) is 5.92 Å². The number of hydrogen-bond donors (Lipinski definition) is 2. The third-order valence-corrected chi connectivity index (χ3v) is 6.83. The highest BCUT2D eigenvalue weighted by molar-refractivity contribution is 14.0. The molecule has 0 amide bonds. The highest BCUT2D eigenvalue weighted by Crippen LogP contribution is 2.25. The number of hydrogen-bond acceptors (Lipinski definition) is 5. The zero-order chi connectivity index (χ0) is 17.6. The summed E-state index contributed by atoms with van der Waals surface area (Å²) in [5, 5.41) is 3.16. The van der Waals surface area contributed by atoms with Crippen LogP contribution in [0.15, 0.2) is 21.3 Å². The fourth-order valence-corrected chi connectivity index (χ4v) is 5.02. The van der Waals surface area contributed by atoms with Crippen LogP contribution in [0.3, 0.4) is 0 Å². The predicted molar refractivity (Wildman–Crippen MR) is 113 cm³/mol. The summed E-state index contributed by atoms with van der Waals surface area (Å²) in [7, 11) is 0.165. The summed E-state index contributed by atoms with van der Waals surface area (Å²) in [6.45, 7) is 3.16. The fourth-order valence-electron chi connectivity index (χ4n) is 2.46. The summed E-state index contributed by atoms with van der Waals surface area (Å²) in [5.41, 5.74) is 0. The van der Waals surface area contributed by atoms with Crippen molar-refractivity contribution in [3.05, 3.63) is 16.5 Å². The molecule has 0 aliphatic carbocycles. The average Bonchev–Trinajstić information content (AvgIpc) is 3.19. The van der Waals surface area contributed by atoms with Crippen LogP contribution in [0.2, 0.25) is 4.34 Å². The van der Waals surface area contributed by atoms with E-state index < -0.39 is 10.0 Å². The Morgan fingerprint density at radius 1 is 1.48 bits per heavy atom. The van der Waals surface area contributed by atoms with Gasteiger partial charge in [-0.15, -0.1) is 35.3 Å². The van der Waals surface area contributed by atoms with Gasteiger partial charge in [0, 0.05) is 46.3 Å². The van der Waals surface area contributed by atoms with E-state index in [4.69, 9.17) is 16.3 Å². The van der Waals surface area contributed by atoms with Gasteiger partial charge in [0.15, 0.2) is 5.96 Å². The van der Waals surface area contributed by atoms with Crippen molar-refractivity contribution in [3.8, 4) is 0 Å². The second-order valence-corrected chi connectivity index (χ2v) is 9.25. The number of sulfonamides is 1. The summed E-state index contributed by atoms with van der Waals surface area (Å²) < 4.78 is 32.8. The molecular formula is C14H24ClIN4O3S2. The lowest BCUT2D eigenvalue weighted by atomic mass is 10.1. The van der Waals surface area contributed by atoms with E-state index >= 15 is 0 Å². The summed E-state index contributed by atoms with van der Waals surface area (Å²) in [4.78, 5) is 6.26. The van der Waals surface area contributed by atoms with E-state index in [1.54, 1.807) is 13.1 Å². The standard InChI is InChI=1S/C14H23ClN4O3S2.HI/c1-16-14(19(2)9-11-5-8-22-10-11)17-6-7-18-24(20,21)13-4-3-12(15)23-13;/h3-4,11,18H,5-10H2,1-2H3,(H,16,17);1H. The first kappa shape index (κ1) is 22.9. The second kappa shape index (κ2) is 10.9. The molecule has 1 saturated heterocycles. The van der Waals surface area contributed by atoms with E-state index in [0.717, 1.165) is 43.5 Å². The SMILES string of the molecule is CN=C(NCCNS(=O)(=O)c1ccc(Cl)s1)N(C)CC1CCOC1.I. The fraction of sp³-hybridized carbons (Fsp3) is 0.643. The van der Waals surface area contributed by atoms with Gasteiger partial charge in [-0.05, 0) is 18.6 Å². The first-order chi connectivity index (χ1) is 11.4. The second-order valence-electron chi connectivity index (χ2n) is 5.54. The minimum absolute atomic E-state index is 0. The molecule has 1 unspecified atom stereocenters. The van der Waals surface area contributed by atoms with Gasteiger partial charge in [-0.2, -0.15) is 0 Å². The van der Waals surface area contributed by atoms with Gasteiger partial charge >= 0.3 is 0 Å². The molecule has 1 aromatic rings. The van der Waals surface area contributed by atoms with Crippen molar-refractivity contribution < 1.29 is 13.2 Å². The van der Waals surface area contributed by atoms with Gasteiger partial charge in [0.2, 0.25) is 10.0 Å². The normalized spacial score (nSPS) is 18.0. The highest BCUT2D eigenvalue weighted by atomic mass is 127. The molecule has 0 spiro atoms. The van der Waals surface area contributed by atoms with Gasteiger partial charge in [0.25, 0.3) is 0 Å². The van der Waals surface area contributed by atoms with Gasteiger partial charge in [0.05, 0.1) is 10.9 Å². The van der Waals surface area contributed by atoms with Gasteiger partial charge in [-0.25, -0.2) is 13.1 Å². The van der Waals surface area contributed by atoms with Crippen LogP contribution in [0.25, 0.3) is 0 Å². The van der Waals surface area contributed by atoms with Crippen LogP contribution in [0.1, 0.15) is 6.42 Å². The van der Waals surface area contributed by atoms with Crippen molar-refractivity contribution in [2.45, 2.75) is 10.6 Å². The van der Waals surface area contributed by atoms with Gasteiger partial charge in [0.1, 0.15) is 4.21 Å². The van der Waals surface area contributed by atoms with Crippen LogP contribution in [-0.2, 0) is 14.8 Å². The third kappa shape index (κ3) is 7.18. The van der Waals surface area contributed by atoms with Crippen LogP contribution in [0.5, 0.6) is 0 Å². The minimum atomic E-state index is -3.51. The lowest BCUT2D eigenvalue weighted by Gasteiger charge is -2.24. The molecule has 1 aliphatic rings. The molecule has 1 atom stereocenters. The van der Waals surface area contributed by atoms with Crippen molar-refractivity contribution in [2.24, 2.45) is 10.9 Å². The molecule has 2 rings (SSSR count). The van der Waals surface area contributed by atoms with E-state index in [2.05, 4.69) is 15.0 Å². The van der Waals surface area contributed by atoms with Gasteiger partial charge < -0.3 is 15.0 Å². The van der Waals surface area contributed by atoms with E-state index in [1.807, 2.05) is 11.9 Å². The average molecular weight is 523 g/mol. The van der Waals surface area contributed by atoms with Crippen LogP contribution in [0.4, 0.5) is 0 Å². The van der Waals surface area contributed by atoms with E-state index in [0.29, 0.717) is 16.8 Å². The molecule has 0 aromatic carbocycles. The summed E-state index contributed by atoms with van der Waals surface area (Å²) >= 11 is 6.81. The predicted octanol–water partition coefficient (Wildman–Crippen LogP) is 1.84.